The predicted octanol–water partition coefficient (Wildman–Crippen LogP) is 2.67. The fraction of sp³-hybridized carbons (Fsp3) is 0.273. The van der Waals surface area contributed by atoms with Crippen LogP contribution in [0.3, 0.4) is 0 Å². The normalized spacial score (nSPS) is 13.0. The van der Waals surface area contributed by atoms with Crippen LogP contribution in [0.5, 0.6) is 0 Å². The summed E-state index contributed by atoms with van der Waals surface area (Å²) in [4.78, 5) is 8.82. The van der Waals surface area contributed by atoms with Crippen LogP contribution in [0.1, 0.15) is 18.8 Å². The molecule has 1 aromatic carbocycles. The first-order valence-corrected chi connectivity index (χ1v) is 5.59. The Bertz CT molecular complexity index is 484. The first-order valence-electron chi connectivity index (χ1n) is 4.80. The van der Waals surface area contributed by atoms with Gasteiger partial charge in [-0.25, -0.2) is 9.97 Å². The molecule has 15 heavy (non-hydrogen) atoms. The lowest BCUT2D eigenvalue weighted by atomic mass is 10.2. The van der Waals surface area contributed by atoms with E-state index in [1.54, 1.807) is 0 Å². The smallest absolute Gasteiger partial charge is 0.145 e. The van der Waals surface area contributed by atoms with E-state index in [1.807, 2.05) is 38.4 Å². The number of halogens is 1. The minimum absolute atomic E-state index is 0.179. The molecule has 0 amide bonds. The molecule has 0 aliphatic rings. The highest BCUT2D eigenvalue weighted by Crippen LogP contribution is 2.18. The van der Waals surface area contributed by atoms with Crippen LogP contribution >= 0.6 is 15.9 Å². The Morgan fingerprint density at radius 3 is 2.93 bits per heavy atom. The van der Waals surface area contributed by atoms with Crippen molar-refractivity contribution in [2.24, 2.45) is 0 Å². The highest BCUT2D eigenvalue weighted by Gasteiger charge is 2.06. The van der Waals surface area contributed by atoms with Gasteiger partial charge in [-0.1, -0.05) is 15.9 Å². The minimum atomic E-state index is 0.179. The van der Waals surface area contributed by atoms with Crippen molar-refractivity contribution in [3.8, 4) is 0 Å². The first kappa shape index (κ1) is 10.5. The summed E-state index contributed by atoms with van der Waals surface area (Å²) in [6.07, 6.45) is 1.86. The second-order valence-corrected chi connectivity index (χ2v) is 4.36. The molecule has 1 N–H and O–H groups in total. The van der Waals surface area contributed by atoms with Gasteiger partial charge in [0.15, 0.2) is 0 Å². The van der Waals surface area contributed by atoms with Gasteiger partial charge in [0, 0.05) is 16.1 Å². The van der Waals surface area contributed by atoms with E-state index in [9.17, 15) is 0 Å². The number of benzene rings is 1. The molecule has 0 fully saturated rings. The Morgan fingerprint density at radius 2 is 2.20 bits per heavy atom. The molecule has 0 saturated heterocycles. The van der Waals surface area contributed by atoms with Crippen LogP contribution in [0.15, 0.2) is 28.9 Å². The molecule has 0 spiro atoms. The van der Waals surface area contributed by atoms with Gasteiger partial charge in [-0.15, -0.1) is 0 Å². The molecule has 1 heterocycles. The largest absolute Gasteiger partial charge is 0.311 e. The summed E-state index contributed by atoms with van der Waals surface area (Å²) in [5.41, 5.74) is 0.977. The number of aromatic nitrogens is 2. The van der Waals surface area contributed by atoms with E-state index >= 15 is 0 Å². The van der Waals surface area contributed by atoms with Crippen LogP contribution in [0.2, 0.25) is 0 Å². The maximum atomic E-state index is 4.49. The van der Waals surface area contributed by atoms with Gasteiger partial charge >= 0.3 is 0 Å². The summed E-state index contributed by atoms with van der Waals surface area (Å²) in [5.74, 6) is 0.826. The Kier molecular flexibility index (Phi) is 2.98. The SMILES string of the molecule is CNC(C)c1ncc2cc(Br)ccc2n1. The summed E-state index contributed by atoms with van der Waals surface area (Å²) in [6.45, 7) is 2.04. The van der Waals surface area contributed by atoms with Crippen LogP contribution in [-0.2, 0) is 0 Å². The number of fused-ring (bicyclic) bond motifs is 1. The molecular formula is C11H12BrN3. The fourth-order valence-electron chi connectivity index (χ4n) is 1.36. The van der Waals surface area contributed by atoms with Gasteiger partial charge in [-0.2, -0.15) is 0 Å². The summed E-state index contributed by atoms with van der Waals surface area (Å²) < 4.78 is 1.05. The summed E-state index contributed by atoms with van der Waals surface area (Å²) in [7, 11) is 1.90. The van der Waals surface area contributed by atoms with Crippen molar-refractivity contribution in [1.29, 1.82) is 0 Å². The second kappa shape index (κ2) is 4.24. The van der Waals surface area contributed by atoms with E-state index < -0.39 is 0 Å². The van der Waals surface area contributed by atoms with Crippen LogP contribution in [0.4, 0.5) is 0 Å². The highest BCUT2D eigenvalue weighted by atomic mass is 79.9. The molecule has 78 valence electrons. The number of hydrogen-bond acceptors (Lipinski definition) is 3. The Labute approximate surface area is 97.1 Å². The molecule has 4 heteroatoms. The van der Waals surface area contributed by atoms with Crippen molar-refractivity contribution in [1.82, 2.24) is 15.3 Å². The van der Waals surface area contributed by atoms with Crippen LogP contribution < -0.4 is 5.32 Å². The average molecular weight is 266 g/mol. The Hall–Kier alpha value is -1.00. The lowest BCUT2D eigenvalue weighted by Crippen LogP contribution is -2.15. The Balaban J connectivity index is 2.52. The maximum absolute atomic E-state index is 4.49. The monoisotopic (exact) mass is 265 g/mol. The highest BCUT2D eigenvalue weighted by molar-refractivity contribution is 9.10. The van der Waals surface area contributed by atoms with E-state index in [0.29, 0.717) is 0 Å². The van der Waals surface area contributed by atoms with Crippen molar-refractivity contribution >= 4 is 26.8 Å². The molecule has 0 saturated carbocycles. The molecule has 2 aromatic rings. The van der Waals surface area contributed by atoms with Gasteiger partial charge in [-0.3, -0.25) is 0 Å². The quantitative estimate of drug-likeness (QED) is 0.908. The zero-order chi connectivity index (χ0) is 10.8. The number of rotatable bonds is 2. The summed E-state index contributed by atoms with van der Waals surface area (Å²) >= 11 is 3.43. The molecule has 0 aliphatic heterocycles. The number of nitrogens with zero attached hydrogens (tertiary/aromatic N) is 2. The molecule has 1 atom stereocenters. The van der Waals surface area contributed by atoms with Crippen molar-refractivity contribution < 1.29 is 0 Å². The van der Waals surface area contributed by atoms with Crippen LogP contribution in [-0.4, -0.2) is 17.0 Å². The molecule has 0 bridgehead atoms. The molecular weight excluding hydrogens is 254 g/mol. The predicted molar refractivity (Wildman–Crippen MR) is 64.7 cm³/mol. The van der Waals surface area contributed by atoms with Gasteiger partial charge in [-0.05, 0) is 32.2 Å². The molecule has 0 aliphatic carbocycles. The zero-order valence-electron chi connectivity index (χ0n) is 8.66. The van der Waals surface area contributed by atoms with Gasteiger partial charge in [0.05, 0.1) is 11.6 Å². The molecule has 3 nitrogen and oxygen atoms in total. The summed E-state index contributed by atoms with van der Waals surface area (Å²) in [5, 5.41) is 4.18. The third-order valence-corrected chi connectivity index (χ3v) is 2.87. The maximum Gasteiger partial charge on any atom is 0.145 e. The molecule has 0 radical (unpaired) electrons. The number of nitrogens with one attached hydrogen (secondary N) is 1. The molecule has 1 unspecified atom stereocenters. The van der Waals surface area contributed by atoms with E-state index in [-0.39, 0.29) is 6.04 Å². The van der Waals surface area contributed by atoms with Gasteiger partial charge in [0.1, 0.15) is 5.82 Å². The van der Waals surface area contributed by atoms with Crippen LogP contribution in [0, 0.1) is 0 Å². The van der Waals surface area contributed by atoms with E-state index in [1.165, 1.54) is 0 Å². The minimum Gasteiger partial charge on any atom is -0.311 e. The van der Waals surface area contributed by atoms with Gasteiger partial charge in [0.25, 0.3) is 0 Å². The van der Waals surface area contributed by atoms with Crippen molar-refractivity contribution in [3.63, 3.8) is 0 Å². The van der Waals surface area contributed by atoms with Crippen molar-refractivity contribution in [3.05, 3.63) is 34.7 Å². The zero-order valence-corrected chi connectivity index (χ0v) is 10.2. The van der Waals surface area contributed by atoms with Crippen LogP contribution in [0.25, 0.3) is 10.9 Å². The topological polar surface area (TPSA) is 37.8 Å². The number of hydrogen-bond donors (Lipinski definition) is 1. The van der Waals surface area contributed by atoms with E-state index in [4.69, 9.17) is 0 Å². The van der Waals surface area contributed by atoms with Gasteiger partial charge in [0.2, 0.25) is 0 Å². The summed E-state index contributed by atoms with van der Waals surface area (Å²) in [6, 6.07) is 6.18. The standard InChI is InChI=1S/C11H12BrN3/c1-7(13-2)11-14-6-8-5-9(12)3-4-10(8)15-11/h3-7,13H,1-2H3. The lowest BCUT2D eigenvalue weighted by Gasteiger charge is -2.08. The lowest BCUT2D eigenvalue weighted by molar-refractivity contribution is 0.613. The molecule has 2 rings (SSSR count). The van der Waals surface area contributed by atoms with Crippen molar-refractivity contribution in [2.45, 2.75) is 13.0 Å². The van der Waals surface area contributed by atoms with E-state index in [2.05, 4.69) is 31.2 Å². The third-order valence-electron chi connectivity index (χ3n) is 2.38. The average Bonchev–Trinajstić information content (AvgIpc) is 2.27. The van der Waals surface area contributed by atoms with E-state index in [0.717, 1.165) is 21.2 Å². The molecule has 1 aromatic heterocycles. The van der Waals surface area contributed by atoms with Crippen molar-refractivity contribution in [2.75, 3.05) is 7.05 Å². The Morgan fingerprint density at radius 1 is 1.40 bits per heavy atom. The second-order valence-electron chi connectivity index (χ2n) is 3.44. The third kappa shape index (κ3) is 2.16. The first-order chi connectivity index (χ1) is 7.20. The van der Waals surface area contributed by atoms with Gasteiger partial charge < -0.3 is 5.32 Å². The fourth-order valence-corrected chi connectivity index (χ4v) is 1.74.